The van der Waals surface area contributed by atoms with Crippen molar-refractivity contribution in [2.24, 2.45) is 5.92 Å². The van der Waals surface area contributed by atoms with Gasteiger partial charge in [0.25, 0.3) is 5.91 Å². The second kappa shape index (κ2) is 7.78. The molecule has 22 heavy (non-hydrogen) atoms. The monoisotopic (exact) mass is 303 g/mol. The molecule has 0 aliphatic rings. The average molecular weight is 303 g/mol. The number of amides is 2. The highest BCUT2D eigenvalue weighted by Gasteiger charge is 2.26. The van der Waals surface area contributed by atoms with Crippen LogP contribution in [0.1, 0.15) is 30.6 Å². The van der Waals surface area contributed by atoms with Crippen molar-refractivity contribution in [3.8, 4) is 6.07 Å². The van der Waals surface area contributed by atoms with Crippen molar-refractivity contribution >= 4 is 23.5 Å². The number of nitrogens with one attached hydrogen (secondary N) is 2. The summed E-state index contributed by atoms with van der Waals surface area (Å²) in [6, 6.07) is 6.88. The van der Waals surface area contributed by atoms with Gasteiger partial charge in [0, 0.05) is 30.5 Å². The minimum absolute atomic E-state index is 0.0170. The Morgan fingerprint density at radius 2 is 2.05 bits per heavy atom. The van der Waals surface area contributed by atoms with Crippen LogP contribution in [0.3, 0.4) is 0 Å². The van der Waals surface area contributed by atoms with E-state index in [1.165, 1.54) is 19.1 Å². The number of aliphatic carboxylic acids is 1. The van der Waals surface area contributed by atoms with Gasteiger partial charge in [-0.15, -0.1) is 0 Å². The van der Waals surface area contributed by atoms with Gasteiger partial charge in [0.2, 0.25) is 5.91 Å². The Labute approximate surface area is 127 Å². The van der Waals surface area contributed by atoms with Crippen LogP contribution < -0.4 is 10.6 Å². The summed E-state index contributed by atoms with van der Waals surface area (Å²) in [5, 5.41) is 22.7. The molecule has 2 atom stereocenters. The van der Waals surface area contributed by atoms with Gasteiger partial charge in [-0.1, -0.05) is 13.0 Å². The highest BCUT2D eigenvalue weighted by Crippen LogP contribution is 2.13. The smallest absolute Gasteiger partial charge is 0.326 e. The average Bonchev–Trinajstić information content (AvgIpc) is 2.43. The van der Waals surface area contributed by atoms with Crippen LogP contribution in [0.5, 0.6) is 0 Å². The molecule has 0 bridgehead atoms. The van der Waals surface area contributed by atoms with Crippen molar-refractivity contribution in [2.75, 3.05) is 5.32 Å². The van der Waals surface area contributed by atoms with Gasteiger partial charge in [-0.3, -0.25) is 9.59 Å². The van der Waals surface area contributed by atoms with E-state index < -0.39 is 23.8 Å². The largest absolute Gasteiger partial charge is 0.480 e. The van der Waals surface area contributed by atoms with Crippen LogP contribution >= 0.6 is 0 Å². The quantitative estimate of drug-likeness (QED) is 0.733. The highest BCUT2D eigenvalue weighted by molar-refractivity contribution is 5.98. The first-order valence-corrected chi connectivity index (χ1v) is 6.63. The molecule has 0 saturated carbocycles. The molecule has 1 rings (SSSR count). The van der Waals surface area contributed by atoms with E-state index in [2.05, 4.69) is 10.6 Å². The zero-order chi connectivity index (χ0) is 16.7. The third-order valence-electron chi connectivity index (χ3n) is 2.98. The molecule has 0 unspecified atom stereocenters. The first-order valence-electron chi connectivity index (χ1n) is 6.63. The molecule has 2 amide bonds. The summed E-state index contributed by atoms with van der Waals surface area (Å²) in [5.74, 6) is -2.58. The number of carboxylic acids is 1. The molecule has 7 heteroatoms. The molecular formula is C15H17N3O4. The zero-order valence-electron chi connectivity index (χ0n) is 12.3. The predicted octanol–water partition coefficient (Wildman–Crippen LogP) is 1.38. The third-order valence-corrected chi connectivity index (χ3v) is 2.98. The summed E-state index contributed by atoms with van der Waals surface area (Å²) in [6.45, 7) is 2.92. The van der Waals surface area contributed by atoms with Gasteiger partial charge in [-0.05, 0) is 18.2 Å². The van der Waals surface area contributed by atoms with Gasteiger partial charge < -0.3 is 15.7 Å². The molecule has 0 fully saturated rings. The molecular weight excluding hydrogens is 286 g/mol. The summed E-state index contributed by atoms with van der Waals surface area (Å²) in [6.07, 6.45) is 0.0170. The third kappa shape index (κ3) is 4.90. The van der Waals surface area contributed by atoms with Crippen molar-refractivity contribution < 1.29 is 19.5 Å². The van der Waals surface area contributed by atoms with Gasteiger partial charge in [-0.2, -0.15) is 5.26 Å². The van der Waals surface area contributed by atoms with Gasteiger partial charge in [0.05, 0.1) is 6.07 Å². The molecule has 0 saturated heterocycles. The Balaban J connectivity index is 2.88. The summed E-state index contributed by atoms with van der Waals surface area (Å²) in [7, 11) is 0. The fourth-order valence-corrected chi connectivity index (χ4v) is 1.88. The molecule has 116 valence electrons. The number of carboxylic acid groups (broad SMARTS) is 1. The van der Waals surface area contributed by atoms with Gasteiger partial charge in [0.1, 0.15) is 6.04 Å². The minimum atomic E-state index is -1.20. The van der Waals surface area contributed by atoms with Crippen molar-refractivity contribution in [3.05, 3.63) is 29.8 Å². The van der Waals surface area contributed by atoms with Crippen LogP contribution in [0.2, 0.25) is 0 Å². The first kappa shape index (κ1) is 17.2. The predicted molar refractivity (Wildman–Crippen MR) is 79.0 cm³/mol. The maximum atomic E-state index is 12.1. The SMILES string of the molecule is CC(=O)Nc1cccc(C(=O)N[C@H](C(=O)O)[C@@H](C)CC#N)c1. The van der Waals surface area contributed by atoms with Crippen molar-refractivity contribution in [1.29, 1.82) is 5.26 Å². The van der Waals surface area contributed by atoms with E-state index in [9.17, 15) is 14.4 Å². The Bertz CT molecular complexity index is 621. The molecule has 7 nitrogen and oxygen atoms in total. The van der Waals surface area contributed by atoms with Crippen molar-refractivity contribution in [3.63, 3.8) is 0 Å². The number of nitrogens with zero attached hydrogens (tertiary/aromatic N) is 1. The standard InChI is InChI=1S/C15H17N3O4/c1-9(6-7-16)13(15(21)22)18-14(20)11-4-3-5-12(8-11)17-10(2)19/h3-5,8-9,13H,6H2,1-2H3,(H,17,19)(H,18,20)(H,21,22)/t9-,13-/m0/s1. The fraction of sp³-hybridized carbons (Fsp3) is 0.333. The summed E-state index contributed by atoms with van der Waals surface area (Å²) in [4.78, 5) is 34.4. The zero-order valence-corrected chi connectivity index (χ0v) is 12.3. The lowest BCUT2D eigenvalue weighted by Crippen LogP contribution is -2.45. The molecule has 0 radical (unpaired) electrons. The number of carbonyl (C=O) groups excluding carboxylic acids is 2. The number of nitriles is 1. The molecule has 3 N–H and O–H groups in total. The molecule has 1 aromatic carbocycles. The molecule has 0 spiro atoms. The molecule has 0 aromatic heterocycles. The number of benzene rings is 1. The van der Waals surface area contributed by atoms with E-state index in [0.29, 0.717) is 5.69 Å². The Morgan fingerprint density at radius 3 is 2.59 bits per heavy atom. The highest BCUT2D eigenvalue weighted by atomic mass is 16.4. The Kier molecular flexibility index (Phi) is 6.08. The molecule has 1 aromatic rings. The lowest BCUT2D eigenvalue weighted by molar-refractivity contribution is -0.140. The number of rotatable bonds is 6. The minimum Gasteiger partial charge on any atom is -0.480 e. The molecule has 0 aliphatic heterocycles. The lowest BCUT2D eigenvalue weighted by Gasteiger charge is -2.19. The number of hydrogen-bond acceptors (Lipinski definition) is 4. The maximum Gasteiger partial charge on any atom is 0.326 e. The van der Waals surface area contributed by atoms with Crippen LogP contribution in [0.25, 0.3) is 0 Å². The maximum absolute atomic E-state index is 12.1. The summed E-state index contributed by atoms with van der Waals surface area (Å²) in [5.41, 5.74) is 0.666. The van der Waals surface area contributed by atoms with E-state index in [0.717, 1.165) is 0 Å². The van der Waals surface area contributed by atoms with Crippen LogP contribution in [0, 0.1) is 17.2 Å². The summed E-state index contributed by atoms with van der Waals surface area (Å²) >= 11 is 0. The van der Waals surface area contributed by atoms with Crippen LogP contribution in [-0.4, -0.2) is 28.9 Å². The molecule has 0 heterocycles. The summed E-state index contributed by atoms with van der Waals surface area (Å²) < 4.78 is 0. The second-order valence-electron chi connectivity index (χ2n) is 4.89. The Morgan fingerprint density at radius 1 is 1.36 bits per heavy atom. The number of hydrogen-bond donors (Lipinski definition) is 3. The van der Waals surface area contributed by atoms with Gasteiger partial charge in [-0.25, -0.2) is 4.79 Å². The van der Waals surface area contributed by atoms with E-state index in [-0.39, 0.29) is 17.9 Å². The van der Waals surface area contributed by atoms with Crippen LogP contribution in [-0.2, 0) is 9.59 Å². The Hall–Kier alpha value is -2.88. The van der Waals surface area contributed by atoms with Crippen molar-refractivity contribution in [2.45, 2.75) is 26.3 Å². The molecule has 0 aliphatic carbocycles. The number of carbonyl (C=O) groups is 3. The van der Waals surface area contributed by atoms with Gasteiger partial charge in [0.15, 0.2) is 0 Å². The number of anilines is 1. The van der Waals surface area contributed by atoms with E-state index in [1.807, 2.05) is 6.07 Å². The lowest BCUT2D eigenvalue weighted by atomic mass is 9.98. The second-order valence-corrected chi connectivity index (χ2v) is 4.89. The van der Waals surface area contributed by atoms with Crippen LogP contribution in [0.15, 0.2) is 24.3 Å². The topological polar surface area (TPSA) is 119 Å². The van der Waals surface area contributed by atoms with E-state index in [4.69, 9.17) is 10.4 Å². The van der Waals surface area contributed by atoms with Crippen molar-refractivity contribution in [1.82, 2.24) is 5.32 Å². The first-order chi connectivity index (χ1) is 10.3. The van der Waals surface area contributed by atoms with E-state index >= 15 is 0 Å². The fourth-order valence-electron chi connectivity index (χ4n) is 1.88. The normalized spacial score (nSPS) is 12.6. The van der Waals surface area contributed by atoms with Crippen LogP contribution in [0.4, 0.5) is 5.69 Å². The van der Waals surface area contributed by atoms with Gasteiger partial charge >= 0.3 is 5.97 Å². The van der Waals surface area contributed by atoms with E-state index in [1.54, 1.807) is 19.1 Å².